The van der Waals surface area contributed by atoms with Gasteiger partial charge in [0, 0.05) is 17.1 Å². The first kappa shape index (κ1) is 24.8. The maximum Gasteiger partial charge on any atom is 0.276 e. The molecule has 1 aromatic heterocycles. The molecule has 4 rings (SSSR count). The highest BCUT2D eigenvalue weighted by atomic mass is 35.5. The molecule has 0 fully saturated rings. The lowest BCUT2D eigenvalue weighted by Gasteiger charge is -2.16. The summed E-state index contributed by atoms with van der Waals surface area (Å²) in [5.41, 5.74) is 0.631. The molecule has 0 bridgehead atoms. The van der Waals surface area contributed by atoms with Gasteiger partial charge in [0.15, 0.2) is 5.69 Å². The highest BCUT2D eigenvalue weighted by Crippen LogP contribution is 2.37. The Kier molecular flexibility index (Phi) is 6.73. The van der Waals surface area contributed by atoms with E-state index >= 15 is 0 Å². The third-order valence-corrected chi connectivity index (χ3v) is 5.94. The molecule has 0 aliphatic carbocycles. The van der Waals surface area contributed by atoms with E-state index in [2.05, 4.69) is 10.2 Å². The Balaban J connectivity index is 1.90. The van der Waals surface area contributed by atoms with Crippen molar-refractivity contribution >= 4 is 34.8 Å². The van der Waals surface area contributed by atoms with Crippen molar-refractivity contribution in [1.29, 1.82) is 5.26 Å². The second-order valence-corrected chi connectivity index (χ2v) is 9.04. The molecule has 0 saturated heterocycles. The molecule has 1 aliphatic rings. The fraction of sp³-hybridized carbons (Fsp3) is 0.231. The van der Waals surface area contributed by atoms with E-state index in [0.29, 0.717) is 10.7 Å². The zero-order valence-electron chi connectivity index (χ0n) is 20.1. The van der Waals surface area contributed by atoms with E-state index in [1.807, 2.05) is 19.9 Å². The highest BCUT2D eigenvalue weighted by Gasteiger charge is 2.37. The topological polar surface area (TPSA) is 117 Å². The monoisotopic (exact) mass is 503 g/mol. The van der Waals surface area contributed by atoms with Crippen LogP contribution in [0.3, 0.4) is 0 Å². The molecule has 0 radical (unpaired) electrons. The largest absolute Gasteiger partial charge is 0.480 e. The van der Waals surface area contributed by atoms with Gasteiger partial charge in [-0.15, -0.1) is 10.2 Å². The van der Waals surface area contributed by atoms with Gasteiger partial charge in [0.1, 0.15) is 11.6 Å². The predicted octanol–water partition coefficient (Wildman–Crippen LogP) is 5.35. The van der Waals surface area contributed by atoms with Crippen LogP contribution in [0.15, 0.2) is 57.5 Å². The number of hydrogen-bond acceptors (Lipinski definition) is 7. The number of azo groups is 1. The molecule has 9 nitrogen and oxygen atoms in total. The average Bonchev–Trinajstić information content (AvgIpc) is 3.08. The molecule has 0 atom stereocenters. The van der Waals surface area contributed by atoms with Gasteiger partial charge in [0.25, 0.3) is 17.4 Å². The van der Waals surface area contributed by atoms with E-state index in [4.69, 9.17) is 16.3 Å². The number of halogens is 1. The fourth-order valence-corrected chi connectivity index (χ4v) is 4.25. The maximum absolute atomic E-state index is 13.2. The number of nitriles is 1. The van der Waals surface area contributed by atoms with Crippen LogP contribution in [0.2, 0.25) is 5.02 Å². The third kappa shape index (κ3) is 4.16. The van der Waals surface area contributed by atoms with Gasteiger partial charge in [0.05, 0.1) is 29.6 Å². The first-order valence-electron chi connectivity index (χ1n) is 11.1. The molecule has 3 aromatic rings. The number of hydrogen-bond donors (Lipinski definition) is 0. The van der Waals surface area contributed by atoms with Gasteiger partial charge in [0.2, 0.25) is 5.88 Å². The van der Waals surface area contributed by atoms with Crippen LogP contribution in [0.5, 0.6) is 5.88 Å². The van der Waals surface area contributed by atoms with Crippen molar-refractivity contribution in [2.24, 2.45) is 16.1 Å². The Labute approximate surface area is 212 Å². The van der Waals surface area contributed by atoms with E-state index in [9.17, 15) is 19.6 Å². The van der Waals surface area contributed by atoms with Crippen LogP contribution < -0.4 is 10.3 Å². The van der Waals surface area contributed by atoms with Crippen molar-refractivity contribution in [3.8, 4) is 17.6 Å². The fourth-order valence-electron chi connectivity index (χ4n) is 4.07. The molecule has 1 aliphatic heterocycles. The van der Waals surface area contributed by atoms with Crippen LogP contribution in [-0.4, -0.2) is 34.9 Å². The molecule has 10 heteroatoms. The SMILES string of the molecule is COc1c(N=Nc2cccc3c2C(=O)N(CC(C)C)C3=O)c(C)c(C#N)c(=O)n1-c1cccc(Cl)c1. The zero-order chi connectivity index (χ0) is 26.1. The third-order valence-electron chi connectivity index (χ3n) is 5.71. The first-order chi connectivity index (χ1) is 17.2. The van der Waals surface area contributed by atoms with Crippen LogP contribution in [-0.2, 0) is 0 Å². The van der Waals surface area contributed by atoms with E-state index in [0.717, 1.165) is 0 Å². The number of aromatic nitrogens is 1. The van der Waals surface area contributed by atoms with Crippen molar-refractivity contribution in [3.05, 3.63) is 80.1 Å². The standard InChI is InChI=1S/C26H22ClN5O4/c1-14(2)13-31-23(33)18-9-6-10-20(21(18)25(31)35)29-30-22-15(3)19(12-28)24(34)32(26(22)36-4)17-8-5-7-16(27)11-17/h5-11,14H,13H2,1-4H3. The minimum Gasteiger partial charge on any atom is -0.480 e. The van der Waals surface area contributed by atoms with Gasteiger partial charge in [-0.1, -0.05) is 37.6 Å². The van der Waals surface area contributed by atoms with Gasteiger partial charge in [-0.05, 0) is 43.2 Å². The van der Waals surface area contributed by atoms with Gasteiger partial charge >= 0.3 is 0 Å². The predicted molar refractivity (Wildman–Crippen MR) is 134 cm³/mol. The van der Waals surface area contributed by atoms with Crippen LogP contribution in [0, 0.1) is 24.2 Å². The van der Waals surface area contributed by atoms with Crippen molar-refractivity contribution in [1.82, 2.24) is 9.47 Å². The van der Waals surface area contributed by atoms with Gasteiger partial charge in [-0.3, -0.25) is 19.3 Å². The number of benzene rings is 2. The summed E-state index contributed by atoms with van der Waals surface area (Å²) < 4.78 is 6.73. The number of fused-ring (bicyclic) bond motifs is 1. The number of ether oxygens (including phenoxy) is 1. The van der Waals surface area contributed by atoms with E-state index < -0.39 is 11.5 Å². The lowest BCUT2D eigenvalue weighted by atomic mass is 10.1. The van der Waals surface area contributed by atoms with E-state index in [1.54, 1.807) is 49.4 Å². The minimum absolute atomic E-state index is 0.0407. The summed E-state index contributed by atoms with van der Waals surface area (Å²) >= 11 is 6.12. The normalized spacial score (nSPS) is 13.0. The molecule has 36 heavy (non-hydrogen) atoms. The van der Waals surface area contributed by atoms with Crippen LogP contribution in [0.1, 0.15) is 45.7 Å². The molecule has 0 saturated carbocycles. The van der Waals surface area contributed by atoms with E-state index in [1.165, 1.54) is 16.6 Å². The molecule has 0 spiro atoms. The summed E-state index contributed by atoms with van der Waals surface area (Å²) in [6.45, 7) is 5.68. The van der Waals surface area contributed by atoms with Crippen LogP contribution in [0.25, 0.3) is 5.69 Å². The molecule has 182 valence electrons. The summed E-state index contributed by atoms with van der Waals surface area (Å²) in [7, 11) is 1.37. The Hall–Kier alpha value is -4.29. The van der Waals surface area contributed by atoms with Crippen molar-refractivity contribution in [3.63, 3.8) is 0 Å². The smallest absolute Gasteiger partial charge is 0.276 e. The molecular formula is C26H22ClN5O4. The summed E-state index contributed by atoms with van der Waals surface area (Å²) in [6, 6.07) is 13.2. The summed E-state index contributed by atoms with van der Waals surface area (Å²) in [5.74, 6) is -0.681. The second kappa shape index (κ2) is 9.76. The summed E-state index contributed by atoms with van der Waals surface area (Å²) in [6.07, 6.45) is 0. The molecule has 2 amide bonds. The Morgan fingerprint density at radius 3 is 2.44 bits per heavy atom. The van der Waals surface area contributed by atoms with Crippen LogP contribution in [0.4, 0.5) is 11.4 Å². The van der Waals surface area contributed by atoms with Gasteiger partial charge in [-0.25, -0.2) is 4.57 Å². The first-order valence-corrected chi connectivity index (χ1v) is 11.5. The van der Waals surface area contributed by atoms with Gasteiger partial charge < -0.3 is 4.74 Å². The maximum atomic E-state index is 13.2. The summed E-state index contributed by atoms with van der Waals surface area (Å²) in [4.78, 5) is 40.2. The molecule has 0 unspecified atom stereocenters. The summed E-state index contributed by atoms with van der Waals surface area (Å²) in [5, 5.41) is 18.7. The van der Waals surface area contributed by atoms with Crippen molar-refractivity contribution in [2.45, 2.75) is 20.8 Å². The molecule has 2 aromatic carbocycles. The average molecular weight is 504 g/mol. The number of carbonyl (C=O) groups excluding carboxylic acids is 2. The number of rotatable bonds is 6. The van der Waals surface area contributed by atoms with Crippen LogP contribution >= 0.6 is 11.6 Å². The number of carbonyl (C=O) groups is 2. The van der Waals surface area contributed by atoms with Crippen molar-refractivity contribution in [2.75, 3.05) is 13.7 Å². The number of amides is 2. The van der Waals surface area contributed by atoms with E-state index in [-0.39, 0.29) is 57.9 Å². The highest BCUT2D eigenvalue weighted by molar-refractivity contribution is 6.30. The number of imide groups is 1. The molecule has 2 heterocycles. The Morgan fingerprint density at radius 2 is 1.81 bits per heavy atom. The number of pyridine rings is 1. The Bertz CT molecular complexity index is 1530. The Morgan fingerprint density at radius 1 is 1.08 bits per heavy atom. The van der Waals surface area contributed by atoms with Gasteiger partial charge in [-0.2, -0.15) is 5.26 Å². The lowest BCUT2D eigenvalue weighted by Crippen LogP contribution is -2.33. The molecular weight excluding hydrogens is 482 g/mol. The minimum atomic E-state index is -0.598. The second-order valence-electron chi connectivity index (χ2n) is 8.60. The zero-order valence-corrected chi connectivity index (χ0v) is 20.8. The number of nitrogens with zero attached hydrogens (tertiary/aromatic N) is 5. The lowest BCUT2D eigenvalue weighted by molar-refractivity contribution is 0.0636. The van der Waals surface area contributed by atoms with Crippen molar-refractivity contribution < 1.29 is 14.3 Å². The number of methoxy groups -OCH3 is 1. The quantitative estimate of drug-likeness (QED) is 0.332. The molecule has 0 N–H and O–H groups in total.